The van der Waals surface area contributed by atoms with Crippen molar-refractivity contribution in [1.29, 1.82) is 0 Å². The van der Waals surface area contributed by atoms with Gasteiger partial charge in [0.25, 0.3) is 0 Å². The van der Waals surface area contributed by atoms with E-state index in [1.807, 2.05) is 19.1 Å². The third-order valence-corrected chi connectivity index (χ3v) is 2.89. The topological polar surface area (TPSA) is 83.4 Å². The second-order valence-electron chi connectivity index (χ2n) is 3.89. The van der Waals surface area contributed by atoms with Gasteiger partial charge in [0.05, 0.1) is 26.3 Å². The lowest BCUT2D eigenvalue weighted by atomic mass is 10.0. The van der Waals surface area contributed by atoms with Gasteiger partial charge in [-0.25, -0.2) is 0 Å². The predicted octanol–water partition coefficient (Wildman–Crippen LogP) is 1.77. The van der Waals surface area contributed by atoms with Crippen molar-refractivity contribution in [1.82, 2.24) is 10.1 Å². The van der Waals surface area contributed by atoms with Gasteiger partial charge >= 0.3 is 0 Å². The molecule has 0 amide bonds. The van der Waals surface area contributed by atoms with E-state index in [0.29, 0.717) is 17.5 Å². The van der Waals surface area contributed by atoms with Crippen LogP contribution in [0.25, 0.3) is 11.4 Å². The second-order valence-corrected chi connectivity index (χ2v) is 3.89. The molecule has 0 fully saturated rings. The molecule has 19 heavy (non-hydrogen) atoms. The normalized spacial score (nSPS) is 10.5. The zero-order valence-electron chi connectivity index (χ0n) is 11.3. The van der Waals surface area contributed by atoms with Gasteiger partial charge in [-0.05, 0) is 18.6 Å². The van der Waals surface area contributed by atoms with Gasteiger partial charge in [0, 0.05) is 5.56 Å². The summed E-state index contributed by atoms with van der Waals surface area (Å²) in [6.07, 6.45) is 0.766. The molecule has 0 aliphatic carbocycles. The number of aromatic nitrogens is 2. The van der Waals surface area contributed by atoms with Gasteiger partial charge in [0.1, 0.15) is 11.5 Å². The summed E-state index contributed by atoms with van der Waals surface area (Å²) in [7, 11) is 3.24. The van der Waals surface area contributed by atoms with Crippen molar-refractivity contribution in [3.8, 4) is 22.9 Å². The van der Waals surface area contributed by atoms with E-state index in [-0.39, 0.29) is 6.54 Å². The van der Waals surface area contributed by atoms with Crippen LogP contribution in [0.15, 0.2) is 16.7 Å². The Morgan fingerprint density at radius 3 is 2.42 bits per heavy atom. The van der Waals surface area contributed by atoms with Crippen LogP contribution >= 0.6 is 0 Å². The number of hydrogen-bond acceptors (Lipinski definition) is 6. The lowest BCUT2D eigenvalue weighted by Gasteiger charge is -2.13. The molecule has 0 saturated heterocycles. The van der Waals surface area contributed by atoms with Gasteiger partial charge in [-0.2, -0.15) is 4.98 Å². The van der Waals surface area contributed by atoms with Crippen LogP contribution in [0.4, 0.5) is 0 Å². The lowest BCUT2D eigenvalue weighted by molar-refractivity contribution is 0.379. The fraction of sp³-hybridized carbons (Fsp3) is 0.385. The minimum atomic E-state index is 0.209. The van der Waals surface area contributed by atoms with Crippen LogP contribution in [-0.2, 0) is 13.0 Å². The fourth-order valence-corrected chi connectivity index (χ4v) is 2.00. The van der Waals surface area contributed by atoms with E-state index in [1.165, 1.54) is 0 Å². The smallest absolute Gasteiger partial charge is 0.240 e. The minimum Gasteiger partial charge on any atom is -0.496 e. The summed E-state index contributed by atoms with van der Waals surface area (Å²) in [5.74, 6) is 2.31. The molecule has 102 valence electrons. The molecule has 0 aliphatic rings. The van der Waals surface area contributed by atoms with Crippen molar-refractivity contribution in [2.75, 3.05) is 14.2 Å². The summed E-state index contributed by atoms with van der Waals surface area (Å²) in [6.45, 7) is 2.24. The number of methoxy groups -OCH3 is 2. The molecular formula is C13H17N3O3. The van der Waals surface area contributed by atoms with E-state index in [2.05, 4.69) is 10.1 Å². The molecule has 6 heteroatoms. The van der Waals surface area contributed by atoms with Gasteiger partial charge in [-0.3, -0.25) is 0 Å². The van der Waals surface area contributed by atoms with E-state index in [4.69, 9.17) is 19.7 Å². The Morgan fingerprint density at radius 2 is 1.89 bits per heavy atom. The predicted molar refractivity (Wildman–Crippen MR) is 70.1 cm³/mol. The largest absolute Gasteiger partial charge is 0.496 e. The summed E-state index contributed by atoms with van der Waals surface area (Å²) < 4.78 is 15.8. The number of ether oxygens (including phenoxy) is 2. The number of nitrogens with zero attached hydrogens (tertiary/aromatic N) is 2. The molecular weight excluding hydrogens is 246 g/mol. The zero-order chi connectivity index (χ0) is 13.8. The highest BCUT2D eigenvalue weighted by Crippen LogP contribution is 2.37. The van der Waals surface area contributed by atoms with Gasteiger partial charge in [-0.15, -0.1) is 0 Å². The Kier molecular flexibility index (Phi) is 4.01. The summed E-state index contributed by atoms with van der Waals surface area (Å²) in [4.78, 5) is 4.25. The molecule has 6 nitrogen and oxygen atoms in total. The van der Waals surface area contributed by atoms with Crippen molar-refractivity contribution < 1.29 is 14.0 Å². The molecule has 1 aromatic carbocycles. The maximum absolute atomic E-state index is 5.49. The van der Waals surface area contributed by atoms with Crippen LogP contribution in [0.1, 0.15) is 18.4 Å². The molecule has 2 N–H and O–H groups in total. The highest BCUT2D eigenvalue weighted by atomic mass is 16.5. The van der Waals surface area contributed by atoms with E-state index in [9.17, 15) is 0 Å². The van der Waals surface area contributed by atoms with Crippen LogP contribution < -0.4 is 15.2 Å². The highest BCUT2D eigenvalue weighted by Gasteiger charge is 2.19. The fourth-order valence-electron chi connectivity index (χ4n) is 2.00. The molecule has 0 bridgehead atoms. The Balaban J connectivity index is 2.64. The van der Waals surface area contributed by atoms with Crippen molar-refractivity contribution in [3.63, 3.8) is 0 Å². The van der Waals surface area contributed by atoms with E-state index in [1.54, 1.807) is 14.2 Å². The average molecular weight is 263 g/mol. The molecule has 2 aromatic rings. The standard InChI is InChI=1S/C13H17N3O3/c1-4-8-9(17-2)5-6-10(18-3)12(8)13-15-11(7-14)19-16-13/h5-6H,4,7,14H2,1-3H3. The SMILES string of the molecule is CCc1c(OC)ccc(OC)c1-c1noc(CN)n1. The van der Waals surface area contributed by atoms with Gasteiger partial charge in [0.15, 0.2) is 0 Å². The van der Waals surface area contributed by atoms with Gasteiger partial charge < -0.3 is 19.7 Å². The van der Waals surface area contributed by atoms with Crippen LogP contribution in [0.3, 0.4) is 0 Å². The highest BCUT2D eigenvalue weighted by molar-refractivity contribution is 5.71. The molecule has 0 radical (unpaired) electrons. The number of nitrogens with two attached hydrogens (primary N) is 1. The molecule has 0 atom stereocenters. The van der Waals surface area contributed by atoms with Crippen molar-refractivity contribution in [2.45, 2.75) is 19.9 Å². The first-order valence-electron chi connectivity index (χ1n) is 6.02. The summed E-state index contributed by atoms with van der Waals surface area (Å²) in [6, 6.07) is 3.69. The third kappa shape index (κ3) is 2.39. The van der Waals surface area contributed by atoms with Crippen molar-refractivity contribution >= 4 is 0 Å². The molecule has 0 unspecified atom stereocenters. The monoisotopic (exact) mass is 263 g/mol. The van der Waals surface area contributed by atoms with Crippen LogP contribution in [-0.4, -0.2) is 24.4 Å². The number of benzene rings is 1. The van der Waals surface area contributed by atoms with Crippen molar-refractivity contribution in [3.05, 3.63) is 23.6 Å². The molecule has 0 aliphatic heterocycles. The van der Waals surface area contributed by atoms with E-state index in [0.717, 1.165) is 23.3 Å². The molecule has 1 heterocycles. The molecule has 2 rings (SSSR count). The summed E-state index contributed by atoms with van der Waals surface area (Å²) in [5, 5.41) is 3.95. The quantitative estimate of drug-likeness (QED) is 0.885. The van der Waals surface area contributed by atoms with Crippen molar-refractivity contribution in [2.24, 2.45) is 5.73 Å². The lowest BCUT2D eigenvalue weighted by Crippen LogP contribution is -1.99. The first-order valence-corrected chi connectivity index (χ1v) is 6.02. The number of rotatable bonds is 5. The third-order valence-electron chi connectivity index (χ3n) is 2.89. The molecule has 0 saturated carbocycles. The second kappa shape index (κ2) is 5.71. The Labute approximate surface area is 111 Å². The summed E-state index contributed by atoms with van der Waals surface area (Å²) >= 11 is 0. The Morgan fingerprint density at radius 1 is 1.21 bits per heavy atom. The van der Waals surface area contributed by atoms with Crippen LogP contribution in [0, 0.1) is 0 Å². The average Bonchev–Trinajstić information content (AvgIpc) is 2.93. The zero-order valence-corrected chi connectivity index (χ0v) is 11.3. The van der Waals surface area contributed by atoms with Crippen LogP contribution in [0.2, 0.25) is 0 Å². The maximum atomic E-state index is 5.49. The van der Waals surface area contributed by atoms with Gasteiger partial charge in [-0.1, -0.05) is 12.1 Å². The Bertz CT molecular complexity index is 566. The summed E-state index contributed by atoms with van der Waals surface area (Å²) in [5.41, 5.74) is 7.25. The molecule has 0 spiro atoms. The minimum absolute atomic E-state index is 0.209. The Hall–Kier alpha value is -2.08. The van der Waals surface area contributed by atoms with Gasteiger partial charge in [0.2, 0.25) is 11.7 Å². The first-order chi connectivity index (χ1) is 9.24. The maximum Gasteiger partial charge on any atom is 0.240 e. The van der Waals surface area contributed by atoms with E-state index < -0.39 is 0 Å². The first kappa shape index (κ1) is 13.4. The number of hydrogen-bond donors (Lipinski definition) is 1. The van der Waals surface area contributed by atoms with Crippen LogP contribution in [0.5, 0.6) is 11.5 Å². The molecule has 1 aromatic heterocycles. The van der Waals surface area contributed by atoms with E-state index >= 15 is 0 Å².